The van der Waals surface area contributed by atoms with E-state index in [4.69, 9.17) is 11.6 Å². The van der Waals surface area contributed by atoms with Crippen molar-refractivity contribution in [2.75, 3.05) is 7.05 Å². The van der Waals surface area contributed by atoms with Gasteiger partial charge < -0.3 is 4.90 Å². The molecule has 1 aromatic carbocycles. The van der Waals surface area contributed by atoms with E-state index in [2.05, 4.69) is 0 Å². The number of rotatable bonds is 6. The Morgan fingerprint density at radius 2 is 1.82 bits per heavy atom. The predicted octanol–water partition coefficient (Wildman–Crippen LogP) is 4.16. The Balaban J connectivity index is 1.83. The first kappa shape index (κ1) is 16.6. The molecule has 0 aliphatic rings. The molecule has 0 N–H and O–H groups in total. The minimum atomic E-state index is -0.307. The van der Waals surface area contributed by atoms with E-state index >= 15 is 0 Å². The third kappa shape index (κ3) is 4.64. The summed E-state index contributed by atoms with van der Waals surface area (Å²) in [6.07, 6.45) is 0.301. The smallest absolute Gasteiger partial charge is 0.223 e. The third-order valence-corrected chi connectivity index (χ3v) is 4.44. The molecule has 6 heteroatoms. The van der Waals surface area contributed by atoms with Crippen molar-refractivity contribution < 1.29 is 14.0 Å². The Morgan fingerprint density at radius 3 is 2.41 bits per heavy atom. The van der Waals surface area contributed by atoms with Crippen LogP contribution >= 0.6 is 22.9 Å². The standard InChI is InChI=1S/C16H15ClFNO2S/c1-19(10-11-2-4-12(18)5-3-11)16(21)9-6-13(20)14-7-8-15(17)22-14/h2-5,7-8H,6,9-10H2,1H3. The fourth-order valence-electron chi connectivity index (χ4n) is 1.95. The van der Waals surface area contributed by atoms with E-state index in [0.717, 1.165) is 5.56 Å². The van der Waals surface area contributed by atoms with E-state index < -0.39 is 0 Å². The normalized spacial score (nSPS) is 10.5. The lowest BCUT2D eigenvalue weighted by Crippen LogP contribution is -2.26. The van der Waals surface area contributed by atoms with Gasteiger partial charge in [0.25, 0.3) is 0 Å². The maximum atomic E-state index is 12.8. The summed E-state index contributed by atoms with van der Waals surface area (Å²) in [5, 5.41) is 0. The van der Waals surface area contributed by atoms with Gasteiger partial charge in [-0.1, -0.05) is 23.7 Å². The van der Waals surface area contributed by atoms with E-state index in [9.17, 15) is 14.0 Å². The van der Waals surface area contributed by atoms with Crippen molar-refractivity contribution in [1.29, 1.82) is 0 Å². The molecule has 0 atom stereocenters. The zero-order valence-electron chi connectivity index (χ0n) is 12.0. The number of hydrogen-bond donors (Lipinski definition) is 0. The van der Waals surface area contributed by atoms with Crippen LogP contribution in [0.1, 0.15) is 28.1 Å². The second kappa shape index (κ2) is 7.51. The maximum Gasteiger partial charge on any atom is 0.223 e. The van der Waals surface area contributed by atoms with Gasteiger partial charge in [0.1, 0.15) is 5.82 Å². The van der Waals surface area contributed by atoms with Crippen molar-refractivity contribution in [2.45, 2.75) is 19.4 Å². The zero-order valence-corrected chi connectivity index (χ0v) is 13.6. The van der Waals surface area contributed by atoms with E-state index in [1.807, 2.05) is 0 Å². The number of thiophene rings is 1. The zero-order chi connectivity index (χ0) is 16.1. The third-order valence-electron chi connectivity index (χ3n) is 3.17. The van der Waals surface area contributed by atoms with Gasteiger partial charge in [-0.15, -0.1) is 11.3 Å². The molecule has 1 aromatic heterocycles. The fourth-order valence-corrected chi connectivity index (χ4v) is 2.96. The Bertz CT molecular complexity index is 669. The average molecular weight is 340 g/mol. The van der Waals surface area contributed by atoms with Crippen molar-refractivity contribution in [1.82, 2.24) is 4.90 Å². The van der Waals surface area contributed by atoms with Crippen LogP contribution in [0.15, 0.2) is 36.4 Å². The summed E-state index contributed by atoms with van der Waals surface area (Å²) in [4.78, 5) is 26.1. The summed E-state index contributed by atoms with van der Waals surface area (Å²) in [5.74, 6) is -0.515. The number of nitrogens with zero attached hydrogens (tertiary/aromatic N) is 1. The van der Waals surface area contributed by atoms with E-state index in [-0.39, 0.29) is 30.3 Å². The Morgan fingerprint density at radius 1 is 1.14 bits per heavy atom. The number of carbonyl (C=O) groups is 2. The van der Waals surface area contributed by atoms with Gasteiger partial charge in [0.05, 0.1) is 9.21 Å². The predicted molar refractivity (Wildman–Crippen MR) is 85.8 cm³/mol. The number of carbonyl (C=O) groups excluding carboxylic acids is 2. The van der Waals surface area contributed by atoms with Gasteiger partial charge in [0, 0.05) is 26.4 Å². The highest BCUT2D eigenvalue weighted by Gasteiger charge is 2.14. The van der Waals surface area contributed by atoms with Crippen LogP contribution in [0, 0.1) is 5.82 Å². The average Bonchev–Trinajstić information content (AvgIpc) is 2.93. The summed E-state index contributed by atoms with van der Waals surface area (Å²) >= 11 is 7.00. The molecular weight excluding hydrogens is 325 g/mol. The lowest BCUT2D eigenvalue weighted by Gasteiger charge is -2.17. The van der Waals surface area contributed by atoms with Gasteiger partial charge in [0.15, 0.2) is 5.78 Å². The number of Topliss-reactive ketones (excluding diaryl/α,β-unsaturated/α-hetero) is 1. The van der Waals surface area contributed by atoms with E-state index in [1.54, 1.807) is 31.3 Å². The van der Waals surface area contributed by atoms with Crippen molar-refractivity contribution in [3.63, 3.8) is 0 Å². The van der Waals surface area contributed by atoms with Crippen molar-refractivity contribution in [3.05, 3.63) is 57.0 Å². The van der Waals surface area contributed by atoms with Gasteiger partial charge in [-0.3, -0.25) is 9.59 Å². The van der Waals surface area contributed by atoms with Crippen molar-refractivity contribution >= 4 is 34.6 Å². The molecule has 0 aliphatic heterocycles. The fraction of sp³-hybridized carbons (Fsp3) is 0.250. The molecule has 0 unspecified atom stereocenters. The lowest BCUT2D eigenvalue weighted by atomic mass is 10.1. The molecule has 0 spiro atoms. The monoisotopic (exact) mass is 339 g/mol. The molecular formula is C16H15ClFNO2S. The number of hydrogen-bond acceptors (Lipinski definition) is 3. The first-order chi connectivity index (χ1) is 10.5. The van der Waals surface area contributed by atoms with Crippen LogP contribution in [-0.4, -0.2) is 23.6 Å². The quantitative estimate of drug-likeness (QED) is 0.741. The van der Waals surface area contributed by atoms with Crippen LogP contribution in [0.3, 0.4) is 0 Å². The van der Waals surface area contributed by atoms with Crippen LogP contribution in [0.5, 0.6) is 0 Å². The molecule has 1 heterocycles. The van der Waals surface area contributed by atoms with Gasteiger partial charge in [0.2, 0.25) is 5.91 Å². The number of benzene rings is 1. The largest absolute Gasteiger partial charge is 0.341 e. The topological polar surface area (TPSA) is 37.4 Å². The molecule has 0 radical (unpaired) electrons. The first-order valence-corrected chi connectivity index (χ1v) is 7.92. The van der Waals surface area contributed by atoms with Gasteiger partial charge >= 0.3 is 0 Å². The molecule has 0 bridgehead atoms. The van der Waals surface area contributed by atoms with Gasteiger partial charge in [-0.2, -0.15) is 0 Å². The summed E-state index contributed by atoms with van der Waals surface area (Å²) < 4.78 is 13.4. The maximum absolute atomic E-state index is 12.8. The van der Waals surface area contributed by atoms with E-state index in [1.165, 1.54) is 28.4 Å². The van der Waals surface area contributed by atoms with Crippen molar-refractivity contribution in [3.8, 4) is 0 Å². The number of amides is 1. The molecule has 1 amide bonds. The van der Waals surface area contributed by atoms with Crippen LogP contribution in [0.2, 0.25) is 4.34 Å². The molecule has 3 nitrogen and oxygen atoms in total. The minimum Gasteiger partial charge on any atom is -0.341 e. The summed E-state index contributed by atoms with van der Waals surface area (Å²) in [6.45, 7) is 0.387. The Labute approximate surface area is 137 Å². The second-order valence-corrected chi connectivity index (χ2v) is 6.62. The van der Waals surface area contributed by atoms with Crippen LogP contribution < -0.4 is 0 Å². The molecule has 0 aliphatic carbocycles. The van der Waals surface area contributed by atoms with Crippen molar-refractivity contribution in [2.24, 2.45) is 0 Å². The summed E-state index contributed by atoms with van der Waals surface area (Å²) in [7, 11) is 1.66. The molecule has 22 heavy (non-hydrogen) atoms. The van der Waals surface area contributed by atoms with Crippen LogP contribution in [0.25, 0.3) is 0 Å². The summed E-state index contributed by atoms with van der Waals surface area (Å²) in [6, 6.07) is 9.33. The Hall–Kier alpha value is -1.72. The van der Waals surface area contributed by atoms with Gasteiger partial charge in [-0.25, -0.2) is 4.39 Å². The second-order valence-electron chi connectivity index (χ2n) is 4.90. The van der Waals surface area contributed by atoms with Gasteiger partial charge in [-0.05, 0) is 29.8 Å². The first-order valence-electron chi connectivity index (χ1n) is 6.72. The van der Waals surface area contributed by atoms with Crippen LogP contribution in [-0.2, 0) is 11.3 Å². The number of halogens is 2. The van der Waals surface area contributed by atoms with Crippen LogP contribution in [0.4, 0.5) is 4.39 Å². The minimum absolute atomic E-state index is 0.0829. The summed E-state index contributed by atoms with van der Waals surface area (Å²) in [5.41, 5.74) is 0.841. The highest BCUT2D eigenvalue weighted by atomic mass is 35.5. The lowest BCUT2D eigenvalue weighted by molar-refractivity contribution is -0.130. The molecule has 0 fully saturated rings. The molecule has 2 aromatic rings. The number of ketones is 1. The SMILES string of the molecule is CN(Cc1ccc(F)cc1)C(=O)CCC(=O)c1ccc(Cl)s1. The molecule has 116 valence electrons. The molecule has 0 saturated heterocycles. The Kier molecular flexibility index (Phi) is 5.69. The highest BCUT2D eigenvalue weighted by Crippen LogP contribution is 2.23. The van der Waals surface area contributed by atoms with E-state index in [0.29, 0.717) is 15.8 Å². The molecule has 2 rings (SSSR count). The molecule has 0 saturated carbocycles. The highest BCUT2D eigenvalue weighted by molar-refractivity contribution is 7.18.